The van der Waals surface area contributed by atoms with Crippen molar-refractivity contribution in [2.45, 2.75) is 18.2 Å². The Balaban J connectivity index is 1.52. The highest BCUT2D eigenvalue weighted by molar-refractivity contribution is 9.09. The van der Waals surface area contributed by atoms with Gasteiger partial charge in [0, 0.05) is 12.1 Å². The average Bonchev–Trinajstić information content (AvgIpc) is 3.28. The van der Waals surface area contributed by atoms with Crippen LogP contribution in [0.5, 0.6) is 0 Å². The van der Waals surface area contributed by atoms with Crippen molar-refractivity contribution in [3.05, 3.63) is 123 Å². The molecule has 46 heavy (non-hydrogen) atoms. The molecule has 0 radical (unpaired) electrons. The number of β-lactam (4-membered cyclic amide) rings is 1. The number of benzene rings is 3. The smallest absolute Gasteiger partial charge is 0.359 e. The highest BCUT2D eigenvalue weighted by Gasteiger charge is 2.59. The zero-order valence-corrected chi connectivity index (χ0v) is 26.2. The summed E-state index contributed by atoms with van der Waals surface area (Å²) in [4.78, 5) is 66.1. The van der Waals surface area contributed by atoms with Crippen LogP contribution < -0.4 is 0 Å². The molecule has 2 heterocycles. The summed E-state index contributed by atoms with van der Waals surface area (Å²) < 4.78 is 34.7. The Morgan fingerprint density at radius 3 is 2.07 bits per heavy atom. The number of amides is 3. The van der Waals surface area contributed by atoms with E-state index in [9.17, 15) is 42.8 Å². The zero-order chi connectivity index (χ0) is 33.3. The molecule has 238 valence electrons. The fraction of sp³-hybridized carbons (Fsp3) is 0.200. The summed E-state index contributed by atoms with van der Waals surface area (Å²) in [5.74, 6) is -4.90. The molecule has 3 aromatic rings. The van der Waals surface area contributed by atoms with E-state index in [0.717, 1.165) is 24.5 Å². The van der Waals surface area contributed by atoms with Crippen molar-refractivity contribution < 1.29 is 46.5 Å². The third-order valence-electron chi connectivity index (χ3n) is 7.29. The summed E-state index contributed by atoms with van der Waals surface area (Å²) in [6.07, 6.45) is -0.267. The van der Waals surface area contributed by atoms with Crippen molar-refractivity contribution >= 4 is 55.4 Å². The Labute approximate surface area is 270 Å². The lowest BCUT2D eigenvalue weighted by atomic mass is 9.92. The second-order valence-electron chi connectivity index (χ2n) is 10.2. The number of nitro benzene ring substituents is 1. The maximum Gasteiger partial charge on any atom is 0.359 e. The fourth-order valence-corrected chi connectivity index (χ4v) is 5.88. The number of ether oxygens (including phenoxy) is 1. The number of aliphatic hydroxyl groups excluding tert-OH is 1. The maximum absolute atomic E-state index is 13.8. The van der Waals surface area contributed by atoms with Gasteiger partial charge in [-0.2, -0.15) is 8.42 Å². The minimum atomic E-state index is -4.15. The molecule has 5 rings (SSSR count). The van der Waals surface area contributed by atoms with Gasteiger partial charge in [-0.3, -0.25) is 38.5 Å². The van der Waals surface area contributed by atoms with Crippen LogP contribution in [0.15, 0.2) is 90.3 Å². The first-order chi connectivity index (χ1) is 21.8. The Bertz CT molecular complexity index is 1840. The van der Waals surface area contributed by atoms with Crippen LogP contribution in [0.3, 0.4) is 0 Å². The van der Waals surface area contributed by atoms with Gasteiger partial charge in [0.1, 0.15) is 11.8 Å². The summed E-state index contributed by atoms with van der Waals surface area (Å²) in [5, 5.41) is 21.8. The van der Waals surface area contributed by atoms with E-state index in [1.165, 1.54) is 0 Å². The highest BCUT2D eigenvalue weighted by atomic mass is 79.9. The Morgan fingerprint density at radius 1 is 0.978 bits per heavy atom. The molecule has 14 nitrogen and oxygen atoms in total. The van der Waals surface area contributed by atoms with Gasteiger partial charge in [-0.25, -0.2) is 4.79 Å². The van der Waals surface area contributed by atoms with Gasteiger partial charge in [-0.05, 0) is 17.2 Å². The number of halogens is 1. The molecule has 0 spiro atoms. The lowest BCUT2D eigenvalue weighted by Crippen LogP contribution is -2.73. The Kier molecular flexibility index (Phi) is 9.05. The molecule has 0 unspecified atom stereocenters. The van der Waals surface area contributed by atoms with Crippen molar-refractivity contribution in [3.63, 3.8) is 0 Å². The number of imide groups is 1. The van der Waals surface area contributed by atoms with Crippen molar-refractivity contribution in [1.82, 2.24) is 9.80 Å². The normalized spacial score (nSPS) is 18.3. The quantitative estimate of drug-likeness (QED) is 0.0353. The van der Waals surface area contributed by atoms with Gasteiger partial charge in [0.15, 0.2) is 11.8 Å². The molecule has 3 amide bonds. The summed E-state index contributed by atoms with van der Waals surface area (Å²) >= 11 is 3.06. The molecule has 2 aliphatic rings. The minimum Gasteiger partial charge on any atom is -0.509 e. The molecule has 0 bridgehead atoms. The van der Waals surface area contributed by atoms with E-state index >= 15 is 0 Å². The summed E-state index contributed by atoms with van der Waals surface area (Å²) in [5.41, 5.74) is -0.572. The van der Waals surface area contributed by atoms with Gasteiger partial charge < -0.3 is 9.84 Å². The van der Waals surface area contributed by atoms with Crippen molar-refractivity contribution in [1.29, 1.82) is 0 Å². The van der Waals surface area contributed by atoms with E-state index in [1.807, 2.05) is 0 Å². The van der Waals surface area contributed by atoms with Crippen LogP contribution >= 0.6 is 15.9 Å². The number of carbonyl (C=O) groups excluding carboxylic acids is 4. The summed E-state index contributed by atoms with van der Waals surface area (Å²) in [6, 6.07) is 17.1. The number of fused-ring (bicyclic) bond motifs is 1. The molecule has 0 aliphatic carbocycles. The zero-order valence-electron chi connectivity index (χ0n) is 23.8. The second kappa shape index (κ2) is 12.8. The van der Waals surface area contributed by atoms with E-state index in [4.69, 9.17) is 8.92 Å². The van der Waals surface area contributed by atoms with Gasteiger partial charge >= 0.3 is 5.97 Å². The average molecular weight is 715 g/mol. The van der Waals surface area contributed by atoms with Crippen LogP contribution in [0.2, 0.25) is 0 Å². The second-order valence-corrected chi connectivity index (χ2v) is 12.4. The number of likely N-dealkylation sites (tertiary alicyclic amines) is 1. The van der Waals surface area contributed by atoms with Crippen LogP contribution in [0, 0.1) is 10.1 Å². The number of nitro groups is 1. The predicted octanol–water partition coefficient (Wildman–Crippen LogP) is 3.24. The first-order valence-corrected chi connectivity index (χ1v) is 16.4. The molecular weight excluding hydrogens is 690 g/mol. The standard InChI is InChI=1S/C30H24BrN3O11S/c1-46(42,43)44-16-22-24(33-27(36)20-13-12-19(34(40)41)14-21(20)28(33)37)29(38)32(22)25(23(35)15-31)30(39)45-26(17-8-4-2-5-9-17)18-10-6-3-7-11-18/h2-14,22,24,26,35H,15-16H2,1H3/b25-23+/t22-,24+/m1/s1. The molecule has 3 aromatic carbocycles. The van der Waals surface area contributed by atoms with Gasteiger partial charge in [0.05, 0.1) is 40.3 Å². The monoisotopic (exact) mass is 713 g/mol. The molecule has 2 aliphatic heterocycles. The summed E-state index contributed by atoms with van der Waals surface area (Å²) in [6.45, 7) is -0.823. The molecule has 0 saturated carbocycles. The lowest BCUT2D eigenvalue weighted by Gasteiger charge is -2.49. The molecule has 1 saturated heterocycles. The van der Waals surface area contributed by atoms with Gasteiger partial charge in [-0.15, -0.1) is 0 Å². The van der Waals surface area contributed by atoms with Crippen molar-refractivity contribution in [2.24, 2.45) is 0 Å². The highest BCUT2D eigenvalue weighted by Crippen LogP contribution is 2.38. The summed E-state index contributed by atoms with van der Waals surface area (Å²) in [7, 11) is -4.15. The predicted molar refractivity (Wildman–Crippen MR) is 163 cm³/mol. The van der Waals surface area contributed by atoms with Gasteiger partial charge in [0.25, 0.3) is 33.5 Å². The van der Waals surface area contributed by atoms with Crippen molar-refractivity contribution in [3.8, 4) is 0 Å². The first kappa shape index (κ1) is 32.5. The first-order valence-electron chi connectivity index (χ1n) is 13.5. The van der Waals surface area contributed by atoms with E-state index < -0.39 is 80.7 Å². The molecule has 0 aromatic heterocycles. The number of hydrogen-bond donors (Lipinski definition) is 1. The topological polar surface area (TPSA) is 191 Å². The van der Waals surface area contributed by atoms with Crippen molar-refractivity contribution in [2.75, 3.05) is 18.2 Å². The van der Waals surface area contributed by atoms with Crippen LogP contribution in [-0.4, -0.2) is 82.2 Å². The molecule has 16 heteroatoms. The number of carbonyl (C=O) groups is 4. The number of esters is 1. The van der Waals surface area contributed by atoms with Gasteiger partial charge in [0.2, 0.25) is 0 Å². The number of allylic oxidation sites excluding steroid dienone is 1. The number of rotatable bonds is 11. The van der Waals surface area contributed by atoms with E-state index in [-0.39, 0.29) is 16.5 Å². The third kappa shape index (κ3) is 6.14. The number of nitrogens with zero attached hydrogens (tertiary/aromatic N) is 3. The van der Waals surface area contributed by atoms with E-state index in [1.54, 1.807) is 60.7 Å². The third-order valence-corrected chi connectivity index (χ3v) is 8.39. The van der Waals surface area contributed by atoms with Crippen LogP contribution in [0.4, 0.5) is 5.69 Å². The van der Waals surface area contributed by atoms with E-state index in [0.29, 0.717) is 20.9 Å². The van der Waals surface area contributed by atoms with Gasteiger partial charge in [-0.1, -0.05) is 76.6 Å². The molecular formula is C30H24BrN3O11S. The van der Waals surface area contributed by atoms with E-state index in [2.05, 4.69) is 15.9 Å². The van der Waals surface area contributed by atoms with Crippen LogP contribution in [0.25, 0.3) is 0 Å². The maximum atomic E-state index is 13.8. The number of aliphatic hydroxyl groups is 1. The Hall–Kier alpha value is -4.93. The number of alkyl halides is 1. The molecule has 1 N–H and O–H groups in total. The molecule has 1 fully saturated rings. The molecule has 2 atom stereocenters. The number of hydrogen-bond acceptors (Lipinski definition) is 11. The fourth-order valence-electron chi connectivity index (χ4n) is 5.23. The SMILES string of the molecule is CS(=O)(=O)OC[C@@H]1[C@H](N2C(=O)c3ccc([N+](=O)[O-])cc3C2=O)C(=O)N1/C(C(=O)OC(c1ccccc1)c1ccccc1)=C(/O)CBr. The minimum absolute atomic E-state index is 0.211. The Morgan fingerprint density at radius 2 is 1.54 bits per heavy atom. The largest absolute Gasteiger partial charge is 0.509 e. The lowest BCUT2D eigenvalue weighted by molar-refractivity contribution is -0.384. The van der Waals surface area contributed by atoms with Crippen LogP contribution in [0.1, 0.15) is 37.9 Å². The van der Waals surface area contributed by atoms with Crippen LogP contribution in [-0.2, 0) is 28.6 Å². The number of non-ortho nitro benzene ring substituents is 1.